The lowest BCUT2D eigenvalue weighted by Crippen LogP contribution is -2.48. The number of aliphatic hydroxyl groups is 1. The Morgan fingerprint density at radius 2 is 2.00 bits per heavy atom. The second-order valence-electron chi connectivity index (χ2n) is 5.33. The van der Waals surface area contributed by atoms with E-state index in [0.29, 0.717) is 24.9 Å². The van der Waals surface area contributed by atoms with Crippen LogP contribution >= 0.6 is 12.2 Å². The topological polar surface area (TPSA) is 83.6 Å². The number of nitrogens with zero attached hydrogens (tertiary/aromatic N) is 1. The van der Waals surface area contributed by atoms with Gasteiger partial charge in [0.2, 0.25) is 10.0 Å². The maximum absolute atomic E-state index is 12.5. The van der Waals surface area contributed by atoms with E-state index in [0.717, 1.165) is 0 Å². The zero-order chi connectivity index (χ0) is 15.0. The molecular formula is C13H18N2O3S2. The van der Waals surface area contributed by atoms with Gasteiger partial charge in [0.05, 0.1) is 10.5 Å². The van der Waals surface area contributed by atoms with Crippen molar-refractivity contribution in [2.24, 2.45) is 5.73 Å². The monoisotopic (exact) mass is 314 g/mol. The van der Waals surface area contributed by atoms with E-state index >= 15 is 0 Å². The predicted octanol–water partition coefficient (Wildman–Crippen LogP) is 0.856. The quantitative estimate of drug-likeness (QED) is 0.808. The standard InChI is InChI=1S/C13H18N2O3S2/c1-13(16)7-2-8-15(9-13)20(17,18)11-5-3-10(4-6-11)12(14)19/h3-6,16H,2,7-9H2,1H3,(H2,14,19). The molecule has 0 saturated carbocycles. The molecule has 1 aromatic carbocycles. The summed E-state index contributed by atoms with van der Waals surface area (Å²) in [5.74, 6) is 0. The highest BCUT2D eigenvalue weighted by Gasteiger charge is 2.35. The van der Waals surface area contributed by atoms with Gasteiger partial charge in [0.15, 0.2) is 0 Å². The number of hydrogen-bond donors (Lipinski definition) is 2. The number of hydrogen-bond acceptors (Lipinski definition) is 4. The molecule has 0 amide bonds. The Bertz CT molecular complexity index is 609. The number of rotatable bonds is 3. The predicted molar refractivity (Wildman–Crippen MR) is 80.9 cm³/mol. The fraction of sp³-hybridized carbons (Fsp3) is 0.462. The molecule has 3 N–H and O–H groups in total. The normalized spacial score (nSPS) is 24.5. The number of thiocarbonyl (C=S) groups is 1. The fourth-order valence-corrected chi connectivity index (χ4v) is 4.05. The maximum atomic E-state index is 12.5. The number of benzene rings is 1. The lowest BCUT2D eigenvalue weighted by molar-refractivity contribution is 0.00940. The molecule has 1 aliphatic rings. The van der Waals surface area contributed by atoms with Crippen molar-refractivity contribution in [3.8, 4) is 0 Å². The number of sulfonamides is 1. The smallest absolute Gasteiger partial charge is 0.243 e. The van der Waals surface area contributed by atoms with Crippen molar-refractivity contribution < 1.29 is 13.5 Å². The summed E-state index contributed by atoms with van der Waals surface area (Å²) >= 11 is 4.84. The highest BCUT2D eigenvalue weighted by molar-refractivity contribution is 7.89. The van der Waals surface area contributed by atoms with Crippen molar-refractivity contribution in [3.05, 3.63) is 29.8 Å². The minimum atomic E-state index is -3.59. The summed E-state index contributed by atoms with van der Waals surface area (Å²) in [6, 6.07) is 6.18. The van der Waals surface area contributed by atoms with Gasteiger partial charge in [-0.05, 0) is 31.9 Å². The first-order chi connectivity index (χ1) is 9.22. The lowest BCUT2D eigenvalue weighted by Gasteiger charge is -2.35. The third-order valence-corrected chi connectivity index (χ3v) is 5.51. The molecule has 0 spiro atoms. The molecule has 2 rings (SSSR count). The van der Waals surface area contributed by atoms with Crippen LogP contribution in [0.15, 0.2) is 29.2 Å². The van der Waals surface area contributed by atoms with Crippen LogP contribution in [0, 0.1) is 0 Å². The molecule has 0 aromatic heterocycles. The van der Waals surface area contributed by atoms with Gasteiger partial charge in [-0.15, -0.1) is 0 Å². The van der Waals surface area contributed by atoms with Crippen LogP contribution < -0.4 is 5.73 Å². The summed E-state index contributed by atoms with van der Waals surface area (Å²) in [7, 11) is -3.59. The van der Waals surface area contributed by atoms with E-state index in [-0.39, 0.29) is 16.4 Å². The maximum Gasteiger partial charge on any atom is 0.243 e. The Kier molecular flexibility index (Phi) is 4.15. The summed E-state index contributed by atoms with van der Waals surface area (Å²) in [4.78, 5) is 0.421. The second kappa shape index (κ2) is 5.40. The largest absolute Gasteiger partial charge is 0.389 e. The van der Waals surface area contributed by atoms with Crippen molar-refractivity contribution >= 4 is 27.2 Å². The lowest BCUT2D eigenvalue weighted by atomic mass is 9.97. The Labute approximate surface area is 124 Å². The van der Waals surface area contributed by atoms with Gasteiger partial charge in [-0.3, -0.25) is 0 Å². The van der Waals surface area contributed by atoms with Gasteiger partial charge in [0.1, 0.15) is 4.99 Å². The number of piperidine rings is 1. The highest BCUT2D eigenvalue weighted by atomic mass is 32.2. The summed E-state index contributed by atoms with van der Waals surface area (Å²) in [6.45, 7) is 2.20. The Morgan fingerprint density at radius 3 is 2.50 bits per heavy atom. The van der Waals surface area contributed by atoms with Gasteiger partial charge < -0.3 is 10.8 Å². The number of nitrogens with two attached hydrogens (primary N) is 1. The van der Waals surface area contributed by atoms with Crippen LogP contribution in [0.2, 0.25) is 0 Å². The van der Waals surface area contributed by atoms with Gasteiger partial charge in [0, 0.05) is 18.7 Å². The van der Waals surface area contributed by atoms with Gasteiger partial charge in [0.25, 0.3) is 0 Å². The van der Waals surface area contributed by atoms with Gasteiger partial charge >= 0.3 is 0 Å². The zero-order valence-electron chi connectivity index (χ0n) is 11.2. The summed E-state index contributed by atoms with van der Waals surface area (Å²) in [5, 5.41) is 10.0. The molecule has 1 unspecified atom stereocenters. The summed E-state index contributed by atoms with van der Waals surface area (Å²) < 4.78 is 26.3. The van der Waals surface area contributed by atoms with Gasteiger partial charge in [-0.2, -0.15) is 4.31 Å². The van der Waals surface area contributed by atoms with E-state index in [1.807, 2.05) is 0 Å². The van der Waals surface area contributed by atoms with Crippen molar-refractivity contribution in [3.63, 3.8) is 0 Å². The van der Waals surface area contributed by atoms with Crippen LogP contribution in [-0.2, 0) is 10.0 Å². The first-order valence-electron chi connectivity index (χ1n) is 6.35. The van der Waals surface area contributed by atoms with E-state index in [1.165, 1.54) is 16.4 Å². The van der Waals surface area contributed by atoms with Crippen molar-refractivity contribution in [2.45, 2.75) is 30.3 Å². The molecule has 20 heavy (non-hydrogen) atoms. The average Bonchev–Trinajstić information content (AvgIpc) is 2.37. The minimum Gasteiger partial charge on any atom is -0.389 e. The van der Waals surface area contributed by atoms with Gasteiger partial charge in [-0.25, -0.2) is 8.42 Å². The Hall–Kier alpha value is -1.02. The zero-order valence-corrected chi connectivity index (χ0v) is 12.9. The van der Waals surface area contributed by atoms with E-state index in [2.05, 4.69) is 0 Å². The van der Waals surface area contributed by atoms with Gasteiger partial charge in [-0.1, -0.05) is 24.4 Å². The third-order valence-electron chi connectivity index (χ3n) is 3.42. The van der Waals surface area contributed by atoms with Crippen LogP contribution in [0.25, 0.3) is 0 Å². The SMILES string of the molecule is CC1(O)CCCN(S(=O)(=O)c2ccc(C(N)=S)cc2)C1. The van der Waals surface area contributed by atoms with Crippen LogP contribution in [0.5, 0.6) is 0 Å². The van der Waals surface area contributed by atoms with Crippen LogP contribution in [0.3, 0.4) is 0 Å². The molecule has 1 saturated heterocycles. The first-order valence-corrected chi connectivity index (χ1v) is 8.20. The number of β-amino-alcohol motifs (C(OH)–C–C–N with tert-alkyl or cyclic N) is 1. The molecule has 110 valence electrons. The van der Waals surface area contributed by atoms with Crippen molar-refractivity contribution in [2.75, 3.05) is 13.1 Å². The first kappa shape index (κ1) is 15.4. The van der Waals surface area contributed by atoms with Crippen LogP contribution in [0.4, 0.5) is 0 Å². The molecule has 1 atom stereocenters. The second-order valence-corrected chi connectivity index (χ2v) is 7.71. The molecule has 1 fully saturated rings. The molecule has 0 radical (unpaired) electrons. The minimum absolute atomic E-state index is 0.117. The molecule has 0 aliphatic carbocycles. The molecule has 5 nitrogen and oxygen atoms in total. The summed E-state index contributed by atoms with van der Waals surface area (Å²) in [6.07, 6.45) is 1.26. The van der Waals surface area contributed by atoms with E-state index in [9.17, 15) is 13.5 Å². The molecule has 0 bridgehead atoms. The van der Waals surface area contributed by atoms with Crippen molar-refractivity contribution in [1.82, 2.24) is 4.31 Å². The molecular weight excluding hydrogens is 296 g/mol. The van der Waals surface area contributed by atoms with Crippen molar-refractivity contribution in [1.29, 1.82) is 0 Å². The Balaban J connectivity index is 2.28. The fourth-order valence-electron chi connectivity index (χ4n) is 2.32. The van der Waals surface area contributed by atoms with E-state index < -0.39 is 15.6 Å². The molecule has 1 aromatic rings. The molecule has 7 heteroatoms. The third kappa shape index (κ3) is 3.17. The van der Waals surface area contributed by atoms with E-state index in [4.69, 9.17) is 18.0 Å². The van der Waals surface area contributed by atoms with E-state index in [1.54, 1.807) is 19.1 Å². The molecule has 1 aliphatic heterocycles. The Morgan fingerprint density at radius 1 is 1.40 bits per heavy atom. The summed E-state index contributed by atoms with van der Waals surface area (Å²) in [5.41, 5.74) is 5.15. The molecule has 1 heterocycles. The highest BCUT2D eigenvalue weighted by Crippen LogP contribution is 2.26. The van der Waals surface area contributed by atoms with Crippen LogP contribution in [-0.4, -0.2) is 41.5 Å². The average molecular weight is 314 g/mol. The van der Waals surface area contributed by atoms with Crippen LogP contribution in [0.1, 0.15) is 25.3 Å².